The van der Waals surface area contributed by atoms with Crippen LogP contribution in [-0.2, 0) is 0 Å². The third kappa shape index (κ3) is 2.59. The molecule has 0 radical (unpaired) electrons. The summed E-state index contributed by atoms with van der Waals surface area (Å²) in [4.78, 5) is 8.33. The number of nitrogen functional groups attached to an aromatic ring is 1. The Hall–Kier alpha value is -2.88. The van der Waals surface area contributed by atoms with Crippen LogP contribution in [0.2, 0.25) is 0 Å². The lowest BCUT2D eigenvalue weighted by Gasteiger charge is -2.11. The summed E-state index contributed by atoms with van der Waals surface area (Å²) in [5, 5.41) is 3.21. The molecule has 20 heavy (non-hydrogen) atoms. The van der Waals surface area contributed by atoms with E-state index in [1.54, 1.807) is 12.3 Å². The van der Waals surface area contributed by atoms with Crippen molar-refractivity contribution in [3.8, 4) is 11.1 Å². The van der Waals surface area contributed by atoms with Crippen LogP contribution in [0, 0.1) is 0 Å². The minimum Gasteiger partial charge on any atom is -0.384 e. The maximum Gasteiger partial charge on any atom is 0.229 e. The van der Waals surface area contributed by atoms with Gasteiger partial charge in [-0.15, -0.1) is 0 Å². The zero-order valence-corrected chi connectivity index (χ0v) is 10.8. The first-order chi connectivity index (χ1) is 9.83. The second-order valence-electron chi connectivity index (χ2n) is 4.34. The largest absolute Gasteiger partial charge is 0.384 e. The summed E-state index contributed by atoms with van der Waals surface area (Å²) < 4.78 is 0. The molecule has 1 aromatic heterocycles. The zero-order valence-electron chi connectivity index (χ0n) is 10.8. The highest BCUT2D eigenvalue weighted by molar-refractivity contribution is 5.79. The SMILES string of the molecule is Nc1ccnc(Nc2ccccc2-c2ccccc2)n1. The van der Waals surface area contributed by atoms with E-state index in [0.717, 1.165) is 16.8 Å². The summed E-state index contributed by atoms with van der Waals surface area (Å²) in [7, 11) is 0. The zero-order chi connectivity index (χ0) is 13.8. The van der Waals surface area contributed by atoms with Crippen LogP contribution in [0.25, 0.3) is 11.1 Å². The third-order valence-corrected chi connectivity index (χ3v) is 2.94. The van der Waals surface area contributed by atoms with Crippen LogP contribution < -0.4 is 11.1 Å². The van der Waals surface area contributed by atoms with Crippen molar-refractivity contribution in [3.05, 3.63) is 66.9 Å². The molecule has 0 spiro atoms. The first-order valence-electron chi connectivity index (χ1n) is 6.33. The Kier molecular flexibility index (Phi) is 3.29. The number of rotatable bonds is 3. The molecule has 0 fully saturated rings. The first kappa shape index (κ1) is 12.2. The van der Waals surface area contributed by atoms with E-state index >= 15 is 0 Å². The van der Waals surface area contributed by atoms with Crippen LogP contribution in [0.1, 0.15) is 0 Å². The average Bonchev–Trinajstić information content (AvgIpc) is 2.49. The van der Waals surface area contributed by atoms with Gasteiger partial charge in [0.2, 0.25) is 5.95 Å². The van der Waals surface area contributed by atoms with Crippen LogP contribution in [-0.4, -0.2) is 9.97 Å². The number of nitrogens with two attached hydrogens (primary N) is 1. The molecule has 0 amide bonds. The molecule has 0 saturated heterocycles. The van der Waals surface area contributed by atoms with Crippen LogP contribution in [0.15, 0.2) is 66.9 Å². The molecule has 0 bridgehead atoms. The number of benzene rings is 2. The van der Waals surface area contributed by atoms with E-state index in [-0.39, 0.29) is 0 Å². The van der Waals surface area contributed by atoms with Crippen molar-refractivity contribution in [2.45, 2.75) is 0 Å². The fourth-order valence-electron chi connectivity index (χ4n) is 2.01. The van der Waals surface area contributed by atoms with Crippen molar-refractivity contribution < 1.29 is 0 Å². The van der Waals surface area contributed by atoms with E-state index in [0.29, 0.717) is 11.8 Å². The molecule has 0 aliphatic carbocycles. The standard InChI is InChI=1S/C16H14N4/c17-15-10-11-18-16(20-15)19-14-9-5-4-8-13(14)12-6-2-1-3-7-12/h1-11H,(H3,17,18,19,20). The van der Waals surface area contributed by atoms with Crippen molar-refractivity contribution in [2.75, 3.05) is 11.1 Å². The molecule has 0 atom stereocenters. The number of nitrogens with zero attached hydrogens (tertiary/aromatic N) is 2. The lowest BCUT2D eigenvalue weighted by molar-refractivity contribution is 1.17. The molecule has 3 aromatic rings. The normalized spacial score (nSPS) is 10.2. The molecule has 3 N–H and O–H groups in total. The number of hydrogen-bond acceptors (Lipinski definition) is 4. The van der Waals surface area contributed by atoms with Gasteiger partial charge in [-0.1, -0.05) is 48.5 Å². The summed E-state index contributed by atoms with van der Waals surface area (Å²) in [5.74, 6) is 0.938. The smallest absolute Gasteiger partial charge is 0.229 e. The van der Waals surface area contributed by atoms with Crippen molar-refractivity contribution in [1.82, 2.24) is 9.97 Å². The van der Waals surface area contributed by atoms with E-state index < -0.39 is 0 Å². The Labute approximate surface area is 117 Å². The van der Waals surface area contributed by atoms with E-state index in [2.05, 4.69) is 33.5 Å². The van der Waals surface area contributed by atoms with Gasteiger partial charge in [0, 0.05) is 17.4 Å². The van der Waals surface area contributed by atoms with E-state index in [9.17, 15) is 0 Å². The van der Waals surface area contributed by atoms with Gasteiger partial charge in [-0.25, -0.2) is 4.98 Å². The van der Waals surface area contributed by atoms with Gasteiger partial charge in [0.05, 0.1) is 0 Å². The second kappa shape index (κ2) is 5.40. The van der Waals surface area contributed by atoms with Crippen LogP contribution in [0.3, 0.4) is 0 Å². The first-order valence-corrected chi connectivity index (χ1v) is 6.33. The summed E-state index contributed by atoms with van der Waals surface area (Å²) in [6.07, 6.45) is 1.63. The second-order valence-corrected chi connectivity index (χ2v) is 4.34. The highest BCUT2D eigenvalue weighted by atomic mass is 15.1. The number of para-hydroxylation sites is 1. The minimum atomic E-state index is 0.444. The summed E-state index contributed by atoms with van der Waals surface area (Å²) >= 11 is 0. The highest BCUT2D eigenvalue weighted by Gasteiger charge is 2.05. The molecule has 0 saturated carbocycles. The van der Waals surface area contributed by atoms with Crippen molar-refractivity contribution in [1.29, 1.82) is 0 Å². The molecule has 4 heteroatoms. The number of aromatic nitrogens is 2. The monoisotopic (exact) mass is 262 g/mol. The Morgan fingerprint density at radius 2 is 1.60 bits per heavy atom. The molecule has 2 aromatic carbocycles. The van der Waals surface area contributed by atoms with Crippen molar-refractivity contribution in [3.63, 3.8) is 0 Å². The Bertz CT molecular complexity index is 710. The lowest BCUT2D eigenvalue weighted by Crippen LogP contribution is -2.00. The Balaban J connectivity index is 1.99. The molecule has 0 unspecified atom stereocenters. The topological polar surface area (TPSA) is 63.8 Å². The van der Waals surface area contributed by atoms with Gasteiger partial charge < -0.3 is 11.1 Å². The quantitative estimate of drug-likeness (QED) is 0.758. The van der Waals surface area contributed by atoms with Crippen molar-refractivity contribution >= 4 is 17.5 Å². The van der Waals surface area contributed by atoms with Crippen LogP contribution >= 0.6 is 0 Å². The summed E-state index contributed by atoms with van der Waals surface area (Å²) in [5.41, 5.74) is 8.85. The molecular formula is C16H14N4. The molecule has 98 valence electrons. The predicted molar refractivity (Wildman–Crippen MR) is 81.6 cm³/mol. The van der Waals surface area contributed by atoms with Gasteiger partial charge in [-0.2, -0.15) is 4.98 Å². The summed E-state index contributed by atoms with van der Waals surface area (Å²) in [6, 6.07) is 19.9. The maximum atomic E-state index is 5.67. The Morgan fingerprint density at radius 3 is 2.40 bits per heavy atom. The van der Waals surface area contributed by atoms with Gasteiger partial charge in [-0.05, 0) is 17.7 Å². The molecule has 4 nitrogen and oxygen atoms in total. The fourth-order valence-corrected chi connectivity index (χ4v) is 2.01. The molecule has 0 aliphatic heterocycles. The predicted octanol–water partition coefficient (Wildman–Crippen LogP) is 3.47. The van der Waals surface area contributed by atoms with Gasteiger partial charge in [-0.3, -0.25) is 0 Å². The number of hydrogen-bond donors (Lipinski definition) is 2. The van der Waals surface area contributed by atoms with Crippen LogP contribution in [0.5, 0.6) is 0 Å². The molecule has 1 heterocycles. The molecule has 0 aliphatic rings. The van der Waals surface area contributed by atoms with Crippen LogP contribution in [0.4, 0.5) is 17.5 Å². The minimum absolute atomic E-state index is 0.444. The molecular weight excluding hydrogens is 248 g/mol. The van der Waals surface area contributed by atoms with E-state index in [1.807, 2.05) is 36.4 Å². The van der Waals surface area contributed by atoms with Crippen molar-refractivity contribution in [2.24, 2.45) is 0 Å². The maximum absolute atomic E-state index is 5.67. The molecule has 3 rings (SSSR count). The third-order valence-electron chi connectivity index (χ3n) is 2.94. The summed E-state index contributed by atoms with van der Waals surface area (Å²) in [6.45, 7) is 0. The lowest BCUT2D eigenvalue weighted by atomic mass is 10.0. The average molecular weight is 262 g/mol. The highest BCUT2D eigenvalue weighted by Crippen LogP contribution is 2.29. The fraction of sp³-hybridized carbons (Fsp3) is 0. The van der Waals surface area contributed by atoms with E-state index in [1.165, 1.54) is 0 Å². The van der Waals surface area contributed by atoms with Gasteiger partial charge in [0.15, 0.2) is 0 Å². The Morgan fingerprint density at radius 1 is 0.850 bits per heavy atom. The number of anilines is 3. The van der Waals surface area contributed by atoms with Gasteiger partial charge in [0.1, 0.15) is 5.82 Å². The van der Waals surface area contributed by atoms with Gasteiger partial charge in [0.25, 0.3) is 0 Å². The van der Waals surface area contributed by atoms with Gasteiger partial charge >= 0.3 is 0 Å². The number of nitrogens with one attached hydrogen (secondary N) is 1. The van der Waals surface area contributed by atoms with E-state index in [4.69, 9.17) is 5.73 Å².